The van der Waals surface area contributed by atoms with Gasteiger partial charge in [0.25, 0.3) is 5.91 Å². The largest absolute Gasteiger partial charge is 0.395 e. The van der Waals surface area contributed by atoms with Crippen LogP contribution in [0.25, 0.3) is 5.69 Å². The molecule has 0 aliphatic carbocycles. The number of aromatic nitrogens is 4. The molecule has 102 valence electrons. The van der Waals surface area contributed by atoms with Crippen LogP contribution >= 0.6 is 11.3 Å². The Balaban J connectivity index is 2.26. The minimum absolute atomic E-state index is 0.0443. The molecule has 1 amide bonds. The topological polar surface area (TPSA) is 84.1 Å². The van der Waals surface area contributed by atoms with Gasteiger partial charge >= 0.3 is 0 Å². The summed E-state index contributed by atoms with van der Waals surface area (Å²) < 4.78 is 1.47. The van der Waals surface area contributed by atoms with Gasteiger partial charge in [-0.2, -0.15) is 4.68 Å². The molecule has 0 aliphatic rings. The number of thiophene rings is 1. The molecule has 0 saturated carbocycles. The van der Waals surface area contributed by atoms with Crippen molar-refractivity contribution in [3.8, 4) is 5.69 Å². The number of carbonyl (C=O) groups is 1. The zero-order valence-electron chi connectivity index (χ0n) is 10.6. The minimum atomic E-state index is -0.101. The van der Waals surface area contributed by atoms with Crippen LogP contribution in [-0.2, 0) is 0 Å². The van der Waals surface area contributed by atoms with E-state index >= 15 is 0 Å². The van der Waals surface area contributed by atoms with Crippen LogP contribution in [0.15, 0.2) is 17.8 Å². The third-order valence-corrected chi connectivity index (χ3v) is 3.48. The molecule has 0 spiro atoms. The number of aliphatic hydroxyl groups excluding tert-OH is 1. The van der Waals surface area contributed by atoms with Gasteiger partial charge in [0, 0.05) is 13.1 Å². The molecular formula is C11H15N5O2S. The van der Waals surface area contributed by atoms with Crippen LogP contribution < -0.4 is 0 Å². The lowest BCUT2D eigenvalue weighted by Crippen LogP contribution is -2.34. The Labute approximate surface area is 114 Å². The van der Waals surface area contributed by atoms with E-state index < -0.39 is 0 Å². The van der Waals surface area contributed by atoms with E-state index in [1.165, 1.54) is 22.3 Å². The van der Waals surface area contributed by atoms with E-state index in [2.05, 4.69) is 15.5 Å². The average molecular weight is 281 g/mol. The summed E-state index contributed by atoms with van der Waals surface area (Å²) in [6.07, 6.45) is 2.30. The molecule has 0 unspecified atom stereocenters. The Kier molecular flexibility index (Phi) is 4.58. The summed E-state index contributed by atoms with van der Waals surface area (Å²) in [6, 6.07) is 1.80. The molecule has 0 aromatic carbocycles. The van der Waals surface area contributed by atoms with E-state index in [0.717, 1.165) is 6.42 Å². The fraction of sp³-hybridized carbons (Fsp3) is 0.455. The predicted molar refractivity (Wildman–Crippen MR) is 70.3 cm³/mol. The number of aliphatic hydroxyl groups is 1. The standard InChI is InChI=1S/C11H15N5O2S/c1-2-4-15(5-6-17)11(18)10-9(3-7-19-10)16-8-12-13-14-16/h3,7-8,17H,2,4-6H2,1H3. The molecule has 2 aromatic heterocycles. The molecule has 0 aliphatic heterocycles. The van der Waals surface area contributed by atoms with E-state index in [9.17, 15) is 4.79 Å². The van der Waals surface area contributed by atoms with Crippen molar-refractivity contribution in [2.75, 3.05) is 19.7 Å². The van der Waals surface area contributed by atoms with Gasteiger partial charge in [0.1, 0.15) is 11.2 Å². The minimum Gasteiger partial charge on any atom is -0.395 e. The molecule has 0 fully saturated rings. The van der Waals surface area contributed by atoms with Gasteiger partial charge in [-0.25, -0.2) is 0 Å². The van der Waals surface area contributed by atoms with Crippen molar-refractivity contribution in [2.45, 2.75) is 13.3 Å². The van der Waals surface area contributed by atoms with Crippen molar-refractivity contribution < 1.29 is 9.90 Å². The molecular weight excluding hydrogens is 266 g/mol. The molecule has 2 rings (SSSR count). The number of carbonyl (C=O) groups excluding carboxylic acids is 1. The SMILES string of the molecule is CCCN(CCO)C(=O)c1sccc1-n1cnnn1. The normalized spacial score (nSPS) is 10.6. The molecule has 19 heavy (non-hydrogen) atoms. The van der Waals surface area contributed by atoms with Crippen molar-refractivity contribution >= 4 is 17.2 Å². The monoisotopic (exact) mass is 281 g/mol. The van der Waals surface area contributed by atoms with E-state index in [-0.39, 0.29) is 12.5 Å². The maximum Gasteiger partial charge on any atom is 0.266 e. The maximum atomic E-state index is 12.4. The number of amides is 1. The summed E-state index contributed by atoms with van der Waals surface area (Å²) in [5.41, 5.74) is 0.666. The molecule has 0 bridgehead atoms. The summed E-state index contributed by atoms with van der Waals surface area (Å²) in [4.78, 5) is 14.7. The van der Waals surface area contributed by atoms with Crippen LogP contribution in [0.5, 0.6) is 0 Å². The van der Waals surface area contributed by atoms with Gasteiger partial charge in [-0.05, 0) is 28.3 Å². The van der Waals surface area contributed by atoms with Gasteiger partial charge in [0.05, 0.1) is 12.3 Å². The zero-order valence-corrected chi connectivity index (χ0v) is 11.4. The highest BCUT2D eigenvalue weighted by atomic mass is 32.1. The second-order valence-corrected chi connectivity index (χ2v) is 4.82. The number of tetrazole rings is 1. The second-order valence-electron chi connectivity index (χ2n) is 3.91. The Hall–Kier alpha value is -1.80. The summed E-state index contributed by atoms with van der Waals surface area (Å²) in [5, 5.41) is 21.8. The lowest BCUT2D eigenvalue weighted by atomic mass is 10.3. The average Bonchev–Trinajstić information content (AvgIpc) is 3.07. The highest BCUT2D eigenvalue weighted by Crippen LogP contribution is 2.22. The van der Waals surface area contributed by atoms with E-state index in [1.807, 2.05) is 12.3 Å². The summed E-state index contributed by atoms with van der Waals surface area (Å²) in [6.45, 7) is 2.90. The summed E-state index contributed by atoms with van der Waals surface area (Å²) in [5.74, 6) is -0.101. The Morgan fingerprint density at radius 1 is 1.53 bits per heavy atom. The third kappa shape index (κ3) is 2.96. The number of hydrogen-bond acceptors (Lipinski definition) is 6. The smallest absolute Gasteiger partial charge is 0.266 e. The van der Waals surface area contributed by atoms with Crippen LogP contribution in [0.3, 0.4) is 0 Å². The maximum absolute atomic E-state index is 12.4. The van der Waals surface area contributed by atoms with Crippen LogP contribution in [0.1, 0.15) is 23.0 Å². The zero-order chi connectivity index (χ0) is 13.7. The first-order valence-electron chi connectivity index (χ1n) is 5.99. The van der Waals surface area contributed by atoms with Crippen LogP contribution in [-0.4, -0.2) is 55.8 Å². The van der Waals surface area contributed by atoms with Gasteiger partial charge in [-0.15, -0.1) is 16.4 Å². The molecule has 2 aromatic rings. The predicted octanol–water partition coefficient (Wildman–Crippen LogP) is 0.568. The van der Waals surface area contributed by atoms with Crippen molar-refractivity contribution in [2.24, 2.45) is 0 Å². The molecule has 2 heterocycles. The quantitative estimate of drug-likeness (QED) is 0.836. The fourth-order valence-electron chi connectivity index (χ4n) is 1.76. The van der Waals surface area contributed by atoms with Crippen molar-refractivity contribution in [3.05, 3.63) is 22.7 Å². The number of hydrogen-bond donors (Lipinski definition) is 1. The molecule has 0 saturated heterocycles. The lowest BCUT2D eigenvalue weighted by Gasteiger charge is -2.20. The molecule has 0 radical (unpaired) electrons. The number of rotatable bonds is 6. The fourth-order valence-corrected chi connectivity index (χ4v) is 2.61. The van der Waals surface area contributed by atoms with Crippen LogP contribution in [0.4, 0.5) is 0 Å². The van der Waals surface area contributed by atoms with Gasteiger partial charge in [-0.1, -0.05) is 6.92 Å². The third-order valence-electron chi connectivity index (χ3n) is 2.59. The second kappa shape index (κ2) is 6.39. The Bertz CT molecular complexity index is 519. The van der Waals surface area contributed by atoms with Gasteiger partial charge in [0.15, 0.2) is 0 Å². The first-order chi connectivity index (χ1) is 9.27. The van der Waals surface area contributed by atoms with Crippen LogP contribution in [0.2, 0.25) is 0 Å². The summed E-state index contributed by atoms with van der Waals surface area (Å²) in [7, 11) is 0. The molecule has 1 N–H and O–H groups in total. The van der Waals surface area contributed by atoms with Gasteiger partial charge in [-0.3, -0.25) is 4.79 Å². The van der Waals surface area contributed by atoms with E-state index in [1.54, 1.807) is 11.0 Å². The lowest BCUT2D eigenvalue weighted by molar-refractivity contribution is 0.0726. The van der Waals surface area contributed by atoms with Crippen molar-refractivity contribution in [3.63, 3.8) is 0 Å². The Morgan fingerprint density at radius 2 is 2.37 bits per heavy atom. The summed E-state index contributed by atoms with van der Waals surface area (Å²) >= 11 is 1.35. The van der Waals surface area contributed by atoms with E-state index in [4.69, 9.17) is 5.11 Å². The van der Waals surface area contributed by atoms with Gasteiger partial charge < -0.3 is 10.0 Å². The number of nitrogens with zero attached hydrogens (tertiary/aromatic N) is 5. The highest BCUT2D eigenvalue weighted by molar-refractivity contribution is 7.12. The molecule has 8 heteroatoms. The van der Waals surface area contributed by atoms with E-state index in [0.29, 0.717) is 23.7 Å². The molecule has 7 nitrogen and oxygen atoms in total. The van der Waals surface area contributed by atoms with Crippen LogP contribution in [0, 0.1) is 0 Å². The Morgan fingerprint density at radius 3 is 3.00 bits per heavy atom. The highest BCUT2D eigenvalue weighted by Gasteiger charge is 2.20. The van der Waals surface area contributed by atoms with Crippen molar-refractivity contribution in [1.29, 1.82) is 0 Å². The van der Waals surface area contributed by atoms with Gasteiger partial charge in [0.2, 0.25) is 0 Å². The first kappa shape index (κ1) is 13.6. The van der Waals surface area contributed by atoms with Crippen molar-refractivity contribution in [1.82, 2.24) is 25.1 Å². The first-order valence-corrected chi connectivity index (χ1v) is 6.87. The molecule has 0 atom stereocenters.